The Morgan fingerprint density at radius 2 is 2.20 bits per heavy atom. The molecule has 0 radical (unpaired) electrons. The SMILES string of the molecule is CN(CCCCCO)C(=O)c1cccc2c1CCNC2. The Morgan fingerprint density at radius 3 is 3.00 bits per heavy atom. The van der Waals surface area contributed by atoms with E-state index in [0.717, 1.165) is 50.9 Å². The van der Waals surface area contributed by atoms with Crippen molar-refractivity contribution in [2.75, 3.05) is 26.7 Å². The van der Waals surface area contributed by atoms with Gasteiger partial charge in [0.1, 0.15) is 0 Å². The molecule has 2 N–H and O–H groups in total. The average Bonchev–Trinajstić information content (AvgIpc) is 2.50. The molecule has 1 aliphatic heterocycles. The molecular formula is C16H24N2O2. The highest BCUT2D eigenvalue weighted by Gasteiger charge is 2.19. The smallest absolute Gasteiger partial charge is 0.253 e. The number of unbranched alkanes of at least 4 members (excludes halogenated alkanes) is 2. The fraction of sp³-hybridized carbons (Fsp3) is 0.562. The summed E-state index contributed by atoms with van der Waals surface area (Å²) in [6, 6.07) is 6.01. The van der Waals surface area contributed by atoms with Crippen molar-refractivity contribution in [3.8, 4) is 0 Å². The van der Waals surface area contributed by atoms with Crippen molar-refractivity contribution >= 4 is 5.91 Å². The first-order valence-electron chi connectivity index (χ1n) is 7.42. The zero-order chi connectivity index (χ0) is 14.4. The summed E-state index contributed by atoms with van der Waals surface area (Å²) in [5.41, 5.74) is 3.31. The summed E-state index contributed by atoms with van der Waals surface area (Å²) in [4.78, 5) is 14.3. The third-order valence-corrected chi connectivity index (χ3v) is 3.87. The molecule has 1 aromatic rings. The Kier molecular flexibility index (Phi) is 5.56. The highest BCUT2D eigenvalue weighted by molar-refractivity contribution is 5.96. The van der Waals surface area contributed by atoms with Crippen molar-refractivity contribution in [2.45, 2.75) is 32.2 Å². The molecule has 1 aromatic carbocycles. The Morgan fingerprint density at radius 1 is 1.35 bits per heavy atom. The first-order chi connectivity index (χ1) is 9.74. The summed E-state index contributed by atoms with van der Waals surface area (Å²) >= 11 is 0. The standard InChI is InChI=1S/C16H24N2O2/c1-18(10-3-2-4-11-19)16(20)15-7-5-6-13-12-17-9-8-14(13)15/h5-7,17,19H,2-4,8-12H2,1H3. The number of aliphatic hydroxyl groups is 1. The van der Waals surface area contributed by atoms with Gasteiger partial charge < -0.3 is 15.3 Å². The molecule has 1 aliphatic rings. The molecule has 0 saturated carbocycles. The Hall–Kier alpha value is -1.39. The molecular weight excluding hydrogens is 252 g/mol. The molecule has 1 heterocycles. The highest BCUT2D eigenvalue weighted by atomic mass is 16.2. The van der Waals surface area contributed by atoms with E-state index in [0.29, 0.717) is 0 Å². The average molecular weight is 276 g/mol. The number of hydrogen-bond donors (Lipinski definition) is 2. The number of aliphatic hydroxyl groups excluding tert-OH is 1. The Bertz CT molecular complexity index is 460. The second kappa shape index (κ2) is 7.41. The summed E-state index contributed by atoms with van der Waals surface area (Å²) < 4.78 is 0. The van der Waals surface area contributed by atoms with Gasteiger partial charge in [-0.15, -0.1) is 0 Å². The third kappa shape index (κ3) is 3.58. The van der Waals surface area contributed by atoms with Crippen molar-refractivity contribution in [3.05, 3.63) is 34.9 Å². The molecule has 2 rings (SSSR count). The van der Waals surface area contributed by atoms with Crippen LogP contribution in [-0.4, -0.2) is 42.7 Å². The highest BCUT2D eigenvalue weighted by Crippen LogP contribution is 2.20. The number of carbonyl (C=O) groups excluding carboxylic acids is 1. The molecule has 0 unspecified atom stereocenters. The van der Waals surface area contributed by atoms with Gasteiger partial charge >= 0.3 is 0 Å². The van der Waals surface area contributed by atoms with Crippen LogP contribution < -0.4 is 5.32 Å². The minimum absolute atomic E-state index is 0.118. The number of fused-ring (bicyclic) bond motifs is 1. The molecule has 4 nitrogen and oxygen atoms in total. The van der Waals surface area contributed by atoms with Gasteiger partial charge in [0.05, 0.1) is 0 Å². The summed E-state index contributed by atoms with van der Waals surface area (Å²) in [7, 11) is 1.86. The van der Waals surface area contributed by atoms with Crippen LogP contribution in [-0.2, 0) is 13.0 Å². The maximum atomic E-state index is 12.5. The second-order valence-electron chi connectivity index (χ2n) is 5.38. The van der Waals surface area contributed by atoms with E-state index in [-0.39, 0.29) is 12.5 Å². The van der Waals surface area contributed by atoms with E-state index in [2.05, 4.69) is 11.4 Å². The molecule has 0 bridgehead atoms. The maximum absolute atomic E-state index is 12.5. The topological polar surface area (TPSA) is 52.6 Å². The van der Waals surface area contributed by atoms with E-state index in [1.807, 2.05) is 19.2 Å². The van der Waals surface area contributed by atoms with E-state index in [9.17, 15) is 4.79 Å². The van der Waals surface area contributed by atoms with Gasteiger partial charge in [-0.1, -0.05) is 12.1 Å². The number of hydrogen-bond acceptors (Lipinski definition) is 3. The van der Waals surface area contributed by atoms with Crippen LogP contribution in [0.2, 0.25) is 0 Å². The van der Waals surface area contributed by atoms with Gasteiger partial charge in [0.15, 0.2) is 0 Å². The van der Waals surface area contributed by atoms with Crippen LogP contribution in [0.15, 0.2) is 18.2 Å². The first kappa shape index (κ1) is 15.0. The van der Waals surface area contributed by atoms with E-state index < -0.39 is 0 Å². The molecule has 0 aliphatic carbocycles. The predicted octanol–water partition coefficient (Wildman–Crippen LogP) is 1.57. The Balaban J connectivity index is 2.01. The van der Waals surface area contributed by atoms with E-state index in [4.69, 9.17) is 5.11 Å². The normalized spacial score (nSPS) is 13.9. The Labute approximate surface area is 120 Å². The minimum atomic E-state index is 0.118. The first-order valence-corrected chi connectivity index (χ1v) is 7.42. The van der Waals surface area contributed by atoms with E-state index in [1.54, 1.807) is 4.90 Å². The van der Waals surface area contributed by atoms with Gasteiger partial charge in [0.25, 0.3) is 5.91 Å². The van der Waals surface area contributed by atoms with Crippen molar-refractivity contribution in [3.63, 3.8) is 0 Å². The monoisotopic (exact) mass is 276 g/mol. The number of rotatable bonds is 6. The second-order valence-corrected chi connectivity index (χ2v) is 5.38. The van der Waals surface area contributed by atoms with Crippen molar-refractivity contribution < 1.29 is 9.90 Å². The van der Waals surface area contributed by atoms with Crippen LogP contribution in [0.1, 0.15) is 40.7 Å². The predicted molar refractivity (Wildman–Crippen MR) is 79.8 cm³/mol. The van der Waals surface area contributed by atoms with Crippen LogP contribution in [0.5, 0.6) is 0 Å². The number of nitrogens with zero attached hydrogens (tertiary/aromatic N) is 1. The largest absolute Gasteiger partial charge is 0.396 e. The molecule has 110 valence electrons. The lowest BCUT2D eigenvalue weighted by atomic mass is 9.95. The number of carbonyl (C=O) groups is 1. The number of amides is 1. The van der Waals surface area contributed by atoms with Gasteiger partial charge in [-0.05, 0) is 49.4 Å². The van der Waals surface area contributed by atoms with Gasteiger partial charge in [-0.2, -0.15) is 0 Å². The van der Waals surface area contributed by atoms with Crippen LogP contribution in [0.3, 0.4) is 0 Å². The van der Waals surface area contributed by atoms with Gasteiger partial charge in [-0.25, -0.2) is 0 Å². The van der Waals surface area contributed by atoms with Crippen LogP contribution in [0, 0.1) is 0 Å². The van der Waals surface area contributed by atoms with Crippen molar-refractivity contribution in [1.29, 1.82) is 0 Å². The summed E-state index contributed by atoms with van der Waals surface area (Å²) in [6.07, 6.45) is 3.65. The molecule has 1 amide bonds. The lowest BCUT2D eigenvalue weighted by Crippen LogP contribution is -2.31. The lowest BCUT2D eigenvalue weighted by Gasteiger charge is -2.23. The molecule has 0 aromatic heterocycles. The number of nitrogens with one attached hydrogen (secondary N) is 1. The van der Waals surface area contributed by atoms with Crippen LogP contribution in [0.25, 0.3) is 0 Å². The molecule has 4 heteroatoms. The molecule has 20 heavy (non-hydrogen) atoms. The van der Waals surface area contributed by atoms with Crippen LogP contribution >= 0.6 is 0 Å². The quantitative estimate of drug-likeness (QED) is 0.775. The fourth-order valence-electron chi connectivity index (χ4n) is 2.68. The molecule has 0 fully saturated rings. The summed E-state index contributed by atoms with van der Waals surface area (Å²) in [5.74, 6) is 0.118. The maximum Gasteiger partial charge on any atom is 0.253 e. The molecule has 0 saturated heterocycles. The van der Waals surface area contributed by atoms with Gasteiger partial charge in [-0.3, -0.25) is 4.79 Å². The number of benzene rings is 1. The third-order valence-electron chi connectivity index (χ3n) is 3.87. The van der Waals surface area contributed by atoms with Gasteiger partial charge in [0, 0.05) is 32.3 Å². The van der Waals surface area contributed by atoms with E-state index >= 15 is 0 Å². The van der Waals surface area contributed by atoms with Crippen LogP contribution in [0.4, 0.5) is 0 Å². The molecule has 0 spiro atoms. The molecule has 0 atom stereocenters. The van der Waals surface area contributed by atoms with Crippen molar-refractivity contribution in [1.82, 2.24) is 10.2 Å². The fourth-order valence-corrected chi connectivity index (χ4v) is 2.68. The minimum Gasteiger partial charge on any atom is -0.396 e. The van der Waals surface area contributed by atoms with E-state index in [1.165, 1.54) is 11.1 Å². The van der Waals surface area contributed by atoms with Gasteiger partial charge in [0.2, 0.25) is 0 Å². The zero-order valence-electron chi connectivity index (χ0n) is 12.2. The van der Waals surface area contributed by atoms with Crippen molar-refractivity contribution in [2.24, 2.45) is 0 Å². The summed E-state index contributed by atoms with van der Waals surface area (Å²) in [5, 5.41) is 12.1. The summed E-state index contributed by atoms with van der Waals surface area (Å²) in [6.45, 7) is 2.78. The lowest BCUT2D eigenvalue weighted by molar-refractivity contribution is 0.0790. The zero-order valence-corrected chi connectivity index (χ0v) is 12.2.